The van der Waals surface area contributed by atoms with Gasteiger partial charge in [0.25, 0.3) is 0 Å². The van der Waals surface area contributed by atoms with Crippen LogP contribution in [-0.2, 0) is 6.54 Å². The van der Waals surface area contributed by atoms with Gasteiger partial charge in [-0.15, -0.1) is 0 Å². The Bertz CT molecular complexity index is 683. The Kier molecular flexibility index (Phi) is 3.24. The summed E-state index contributed by atoms with van der Waals surface area (Å²) in [6, 6.07) is 5.86. The molecule has 0 radical (unpaired) electrons. The highest BCUT2D eigenvalue weighted by Gasteiger charge is 2.04. The lowest BCUT2D eigenvalue weighted by Crippen LogP contribution is -1.99. The molecule has 0 saturated carbocycles. The summed E-state index contributed by atoms with van der Waals surface area (Å²) < 4.78 is 6.31. The number of hydrogen-bond donors (Lipinski definition) is 1. The van der Waals surface area contributed by atoms with Crippen LogP contribution < -0.4 is 10.1 Å². The van der Waals surface area contributed by atoms with Crippen LogP contribution >= 0.6 is 11.3 Å². The molecular weight excluding hydrogens is 260 g/mol. The van der Waals surface area contributed by atoms with E-state index in [0.29, 0.717) is 6.54 Å². The number of anilines is 1. The molecule has 2 aromatic heterocycles. The largest absolute Gasteiger partial charge is 0.497 e. The van der Waals surface area contributed by atoms with Crippen LogP contribution in [-0.4, -0.2) is 22.1 Å². The van der Waals surface area contributed by atoms with Gasteiger partial charge in [0.1, 0.15) is 12.1 Å². The van der Waals surface area contributed by atoms with Crippen LogP contribution in [0.2, 0.25) is 0 Å². The molecule has 0 amide bonds. The first-order valence-electron chi connectivity index (χ1n) is 5.77. The number of aromatic nitrogens is 3. The van der Waals surface area contributed by atoms with Gasteiger partial charge in [-0.25, -0.2) is 15.0 Å². The molecule has 0 aliphatic rings. The van der Waals surface area contributed by atoms with Crippen molar-refractivity contribution in [3.8, 4) is 5.75 Å². The molecule has 0 atom stereocenters. The van der Waals surface area contributed by atoms with Crippen LogP contribution in [0.25, 0.3) is 10.2 Å². The quantitative estimate of drug-likeness (QED) is 0.791. The summed E-state index contributed by atoms with van der Waals surface area (Å²) in [5.74, 6) is 0.846. The molecule has 1 aromatic carbocycles. The van der Waals surface area contributed by atoms with E-state index in [9.17, 15) is 0 Å². The maximum atomic E-state index is 5.20. The molecule has 3 aromatic rings. The number of benzene rings is 1. The van der Waals surface area contributed by atoms with Crippen LogP contribution in [0, 0.1) is 0 Å². The summed E-state index contributed by atoms with van der Waals surface area (Å²) in [6.45, 7) is 0.664. The molecular formula is C13H12N4OS. The molecule has 5 nitrogen and oxygen atoms in total. The summed E-state index contributed by atoms with van der Waals surface area (Å²) in [5.41, 5.74) is 2.00. The van der Waals surface area contributed by atoms with E-state index in [-0.39, 0.29) is 0 Å². The van der Waals surface area contributed by atoms with Gasteiger partial charge in [-0.05, 0) is 18.2 Å². The van der Waals surface area contributed by atoms with Gasteiger partial charge in [-0.2, -0.15) is 0 Å². The molecule has 0 saturated heterocycles. The zero-order valence-electron chi connectivity index (χ0n) is 10.3. The first kappa shape index (κ1) is 11.9. The molecule has 0 fully saturated rings. The number of thiazole rings is 1. The minimum absolute atomic E-state index is 0.664. The fourth-order valence-electron chi connectivity index (χ4n) is 1.71. The van der Waals surface area contributed by atoms with Gasteiger partial charge in [-0.3, -0.25) is 0 Å². The highest BCUT2D eigenvalue weighted by atomic mass is 32.1. The van der Waals surface area contributed by atoms with E-state index < -0.39 is 0 Å². The van der Waals surface area contributed by atoms with E-state index in [2.05, 4.69) is 20.3 Å². The number of nitrogens with one attached hydrogen (secondary N) is 1. The summed E-state index contributed by atoms with van der Waals surface area (Å²) in [4.78, 5) is 12.5. The molecule has 0 aliphatic carbocycles. The van der Waals surface area contributed by atoms with E-state index in [1.807, 2.05) is 18.2 Å². The van der Waals surface area contributed by atoms with Crippen molar-refractivity contribution in [1.82, 2.24) is 15.0 Å². The van der Waals surface area contributed by atoms with E-state index in [4.69, 9.17) is 4.74 Å². The Hall–Kier alpha value is -2.21. The fraction of sp³-hybridized carbons (Fsp3) is 0.154. The van der Waals surface area contributed by atoms with Crippen LogP contribution in [0.5, 0.6) is 5.75 Å². The van der Waals surface area contributed by atoms with E-state index in [0.717, 1.165) is 26.7 Å². The monoisotopic (exact) mass is 272 g/mol. The van der Waals surface area contributed by atoms with Crippen molar-refractivity contribution in [1.29, 1.82) is 0 Å². The summed E-state index contributed by atoms with van der Waals surface area (Å²) in [6.07, 6.45) is 5.10. The first-order chi connectivity index (χ1) is 9.35. The zero-order chi connectivity index (χ0) is 13.1. The minimum Gasteiger partial charge on any atom is -0.497 e. The van der Waals surface area contributed by atoms with Crippen molar-refractivity contribution < 1.29 is 4.74 Å². The highest BCUT2D eigenvalue weighted by molar-refractivity contribution is 7.22. The van der Waals surface area contributed by atoms with Gasteiger partial charge in [0.2, 0.25) is 0 Å². The predicted molar refractivity (Wildman–Crippen MR) is 75.5 cm³/mol. The van der Waals surface area contributed by atoms with Crippen molar-refractivity contribution in [2.75, 3.05) is 12.4 Å². The SMILES string of the molecule is COc1ccc2nc(NCc3cncnc3)sc2c1. The summed E-state index contributed by atoms with van der Waals surface area (Å²) >= 11 is 1.60. The number of nitrogens with zero attached hydrogens (tertiary/aromatic N) is 3. The third kappa shape index (κ3) is 2.63. The Morgan fingerprint density at radius 2 is 2.11 bits per heavy atom. The molecule has 19 heavy (non-hydrogen) atoms. The molecule has 0 unspecified atom stereocenters. The van der Waals surface area contributed by atoms with Crippen molar-refractivity contribution in [2.24, 2.45) is 0 Å². The Labute approximate surface area is 114 Å². The normalized spacial score (nSPS) is 10.6. The molecule has 3 rings (SSSR count). The lowest BCUT2D eigenvalue weighted by atomic mass is 10.3. The second-order valence-electron chi connectivity index (χ2n) is 3.95. The third-order valence-corrected chi connectivity index (χ3v) is 3.63. The molecule has 0 spiro atoms. The molecule has 0 aliphatic heterocycles. The smallest absolute Gasteiger partial charge is 0.184 e. The van der Waals surface area contributed by atoms with Gasteiger partial charge in [0.05, 0.1) is 17.3 Å². The molecule has 96 valence electrons. The minimum atomic E-state index is 0.664. The molecule has 1 N–H and O–H groups in total. The van der Waals surface area contributed by atoms with Crippen molar-refractivity contribution in [3.05, 3.63) is 42.5 Å². The van der Waals surface area contributed by atoms with Crippen molar-refractivity contribution >= 4 is 26.7 Å². The summed E-state index contributed by atoms with van der Waals surface area (Å²) in [7, 11) is 1.66. The predicted octanol–water partition coefficient (Wildman–Crippen LogP) is 2.71. The second-order valence-corrected chi connectivity index (χ2v) is 4.98. The number of fused-ring (bicyclic) bond motifs is 1. The van der Waals surface area contributed by atoms with Gasteiger partial charge >= 0.3 is 0 Å². The van der Waals surface area contributed by atoms with Gasteiger partial charge in [0.15, 0.2) is 5.13 Å². The van der Waals surface area contributed by atoms with Gasteiger partial charge in [0, 0.05) is 24.5 Å². The highest BCUT2D eigenvalue weighted by Crippen LogP contribution is 2.29. The van der Waals surface area contributed by atoms with E-state index in [1.54, 1.807) is 30.8 Å². The number of rotatable bonds is 4. The Balaban J connectivity index is 1.78. The number of ether oxygens (including phenoxy) is 1. The standard InChI is InChI=1S/C13H12N4OS/c1-18-10-2-3-11-12(4-10)19-13(17-11)16-7-9-5-14-8-15-6-9/h2-6,8H,7H2,1H3,(H,16,17). The average Bonchev–Trinajstić information content (AvgIpc) is 2.88. The number of methoxy groups -OCH3 is 1. The van der Waals surface area contributed by atoms with Gasteiger partial charge in [-0.1, -0.05) is 11.3 Å². The lowest BCUT2D eigenvalue weighted by molar-refractivity contribution is 0.415. The maximum Gasteiger partial charge on any atom is 0.184 e. The summed E-state index contributed by atoms with van der Waals surface area (Å²) in [5, 5.41) is 4.16. The molecule has 2 heterocycles. The van der Waals surface area contributed by atoms with Crippen LogP contribution in [0.15, 0.2) is 36.9 Å². The van der Waals surface area contributed by atoms with Crippen molar-refractivity contribution in [3.63, 3.8) is 0 Å². The molecule has 0 bridgehead atoms. The third-order valence-electron chi connectivity index (χ3n) is 2.65. The topological polar surface area (TPSA) is 59.9 Å². The van der Waals surface area contributed by atoms with E-state index >= 15 is 0 Å². The van der Waals surface area contributed by atoms with Crippen molar-refractivity contribution in [2.45, 2.75) is 6.54 Å². The fourth-order valence-corrected chi connectivity index (χ4v) is 2.60. The zero-order valence-corrected chi connectivity index (χ0v) is 11.1. The van der Waals surface area contributed by atoms with Crippen LogP contribution in [0.3, 0.4) is 0 Å². The average molecular weight is 272 g/mol. The van der Waals surface area contributed by atoms with Gasteiger partial charge < -0.3 is 10.1 Å². The van der Waals surface area contributed by atoms with Crippen LogP contribution in [0.4, 0.5) is 5.13 Å². The Morgan fingerprint density at radius 1 is 1.26 bits per heavy atom. The number of hydrogen-bond acceptors (Lipinski definition) is 6. The first-order valence-corrected chi connectivity index (χ1v) is 6.59. The van der Waals surface area contributed by atoms with E-state index in [1.165, 1.54) is 6.33 Å². The Morgan fingerprint density at radius 3 is 2.89 bits per heavy atom. The lowest BCUT2D eigenvalue weighted by Gasteiger charge is -2.00. The maximum absolute atomic E-state index is 5.20. The second kappa shape index (κ2) is 5.19. The molecule has 6 heteroatoms. The van der Waals surface area contributed by atoms with Crippen LogP contribution in [0.1, 0.15) is 5.56 Å².